The standard InChI is InChI=1S/C40H24O2/c1-3-13-30(31-14-4-2-12-29(31)27-19-21-33-32-15-5-6-17-36(32)42-39(33)24-27)28(11-1)26-20-22-37-35(23-26)34-16-7-9-25-10-8-18-38(41-37)40(25)34/h1-24H. The van der Waals surface area contributed by atoms with Crippen molar-refractivity contribution >= 4 is 32.7 Å². The van der Waals surface area contributed by atoms with Crippen molar-refractivity contribution in [2.75, 3.05) is 0 Å². The molecule has 1 aliphatic heterocycles. The van der Waals surface area contributed by atoms with Gasteiger partial charge in [-0.15, -0.1) is 0 Å². The van der Waals surface area contributed by atoms with Crippen LogP contribution < -0.4 is 4.74 Å². The Labute approximate surface area is 243 Å². The van der Waals surface area contributed by atoms with E-state index in [1.807, 2.05) is 12.1 Å². The second-order valence-corrected chi connectivity index (χ2v) is 10.9. The zero-order chi connectivity index (χ0) is 27.6. The zero-order valence-electron chi connectivity index (χ0n) is 22.7. The first-order valence-corrected chi connectivity index (χ1v) is 14.3. The van der Waals surface area contributed by atoms with E-state index in [2.05, 4.69) is 133 Å². The SMILES string of the molecule is c1ccc(-c2ccccc2-c2ccc3c(c2)oc2ccccc23)c(-c2ccc3c(c2)-c2cccc4cccc(c24)O3)c1. The number of benzene rings is 7. The van der Waals surface area contributed by atoms with E-state index in [4.69, 9.17) is 9.15 Å². The molecule has 9 rings (SSSR count). The monoisotopic (exact) mass is 536 g/mol. The van der Waals surface area contributed by atoms with Crippen molar-refractivity contribution in [1.82, 2.24) is 0 Å². The summed E-state index contributed by atoms with van der Waals surface area (Å²) in [6.45, 7) is 0. The molecule has 8 aromatic rings. The molecular formula is C40H24O2. The van der Waals surface area contributed by atoms with Crippen molar-refractivity contribution in [1.29, 1.82) is 0 Å². The molecule has 1 aliphatic rings. The fourth-order valence-corrected chi connectivity index (χ4v) is 6.56. The highest BCUT2D eigenvalue weighted by Gasteiger charge is 2.21. The van der Waals surface area contributed by atoms with Gasteiger partial charge in [0.15, 0.2) is 0 Å². The molecule has 2 nitrogen and oxygen atoms in total. The van der Waals surface area contributed by atoms with Gasteiger partial charge in [0.25, 0.3) is 0 Å². The molecule has 0 saturated heterocycles. The van der Waals surface area contributed by atoms with Crippen molar-refractivity contribution in [3.8, 4) is 56.0 Å². The molecule has 0 bridgehead atoms. The van der Waals surface area contributed by atoms with E-state index in [1.54, 1.807) is 0 Å². The Morgan fingerprint density at radius 3 is 1.79 bits per heavy atom. The predicted octanol–water partition coefficient (Wildman–Crippen LogP) is 11.5. The van der Waals surface area contributed by atoms with Crippen LogP contribution in [0.25, 0.3) is 77.2 Å². The van der Waals surface area contributed by atoms with Crippen molar-refractivity contribution in [3.05, 3.63) is 146 Å². The van der Waals surface area contributed by atoms with Crippen LogP contribution in [0, 0.1) is 0 Å². The minimum atomic E-state index is 0.891. The number of ether oxygens (including phenoxy) is 1. The van der Waals surface area contributed by atoms with E-state index < -0.39 is 0 Å². The van der Waals surface area contributed by atoms with Gasteiger partial charge in [0.1, 0.15) is 22.7 Å². The second-order valence-electron chi connectivity index (χ2n) is 10.9. The third-order valence-corrected chi connectivity index (χ3v) is 8.50. The van der Waals surface area contributed by atoms with E-state index in [0.29, 0.717) is 0 Å². The van der Waals surface area contributed by atoms with Crippen molar-refractivity contribution in [3.63, 3.8) is 0 Å². The van der Waals surface area contributed by atoms with E-state index in [-0.39, 0.29) is 0 Å². The molecule has 2 heteroatoms. The normalized spacial score (nSPS) is 12.0. The van der Waals surface area contributed by atoms with E-state index >= 15 is 0 Å². The Kier molecular flexibility index (Phi) is 4.93. The summed E-state index contributed by atoms with van der Waals surface area (Å²) in [6.07, 6.45) is 0. The smallest absolute Gasteiger partial charge is 0.136 e. The number of fused-ring (bicyclic) bond motifs is 5. The van der Waals surface area contributed by atoms with Crippen LogP contribution in [0.5, 0.6) is 11.5 Å². The van der Waals surface area contributed by atoms with Gasteiger partial charge in [-0.2, -0.15) is 0 Å². The van der Waals surface area contributed by atoms with E-state index in [0.717, 1.165) is 50.1 Å². The average Bonchev–Trinajstić information content (AvgIpc) is 3.43. The molecule has 2 heterocycles. The number of hydrogen-bond acceptors (Lipinski definition) is 2. The van der Waals surface area contributed by atoms with Crippen LogP contribution in [0.4, 0.5) is 0 Å². The Balaban J connectivity index is 1.20. The molecule has 42 heavy (non-hydrogen) atoms. The lowest BCUT2D eigenvalue weighted by Crippen LogP contribution is -1.97. The summed E-state index contributed by atoms with van der Waals surface area (Å²) >= 11 is 0. The Hall–Kier alpha value is -5.60. The summed E-state index contributed by atoms with van der Waals surface area (Å²) < 4.78 is 12.6. The lowest BCUT2D eigenvalue weighted by molar-refractivity contribution is 0.487. The summed E-state index contributed by atoms with van der Waals surface area (Å²) in [5.74, 6) is 1.81. The molecule has 7 aromatic carbocycles. The zero-order valence-corrected chi connectivity index (χ0v) is 22.7. The molecule has 0 unspecified atom stereocenters. The average molecular weight is 537 g/mol. The maximum atomic E-state index is 6.38. The third kappa shape index (κ3) is 3.45. The number of furan rings is 1. The van der Waals surface area contributed by atoms with Crippen molar-refractivity contribution in [2.45, 2.75) is 0 Å². The van der Waals surface area contributed by atoms with Gasteiger partial charge >= 0.3 is 0 Å². The quantitative estimate of drug-likeness (QED) is 0.224. The topological polar surface area (TPSA) is 22.4 Å². The van der Waals surface area contributed by atoms with Crippen LogP contribution in [0.1, 0.15) is 0 Å². The minimum absolute atomic E-state index is 0.891. The van der Waals surface area contributed by atoms with Gasteiger partial charge in [0.2, 0.25) is 0 Å². The molecule has 0 spiro atoms. The number of para-hydroxylation sites is 1. The largest absolute Gasteiger partial charge is 0.456 e. The molecule has 1 aromatic heterocycles. The summed E-state index contributed by atoms with van der Waals surface area (Å²) in [4.78, 5) is 0. The summed E-state index contributed by atoms with van der Waals surface area (Å²) in [5, 5.41) is 4.65. The molecule has 0 fully saturated rings. The number of hydrogen-bond donors (Lipinski definition) is 0. The van der Waals surface area contributed by atoms with Crippen LogP contribution in [0.3, 0.4) is 0 Å². The fourth-order valence-electron chi connectivity index (χ4n) is 6.56. The van der Waals surface area contributed by atoms with E-state index in [1.165, 1.54) is 38.6 Å². The molecule has 0 saturated carbocycles. The van der Waals surface area contributed by atoms with E-state index in [9.17, 15) is 0 Å². The molecule has 0 N–H and O–H groups in total. The second kappa shape index (κ2) is 8.95. The first-order valence-electron chi connectivity index (χ1n) is 14.3. The first kappa shape index (κ1) is 23.1. The molecular weight excluding hydrogens is 512 g/mol. The molecule has 196 valence electrons. The Morgan fingerprint density at radius 1 is 0.357 bits per heavy atom. The highest BCUT2D eigenvalue weighted by Crippen LogP contribution is 2.48. The predicted molar refractivity (Wildman–Crippen MR) is 173 cm³/mol. The highest BCUT2D eigenvalue weighted by molar-refractivity contribution is 6.07. The van der Waals surface area contributed by atoms with Gasteiger partial charge in [-0.25, -0.2) is 0 Å². The maximum absolute atomic E-state index is 6.38. The lowest BCUT2D eigenvalue weighted by atomic mass is 9.87. The van der Waals surface area contributed by atoms with Crippen molar-refractivity contribution in [2.24, 2.45) is 0 Å². The van der Waals surface area contributed by atoms with Crippen LogP contribution in [0.2, 0.25) is 0 Å². The highest BCUT2D eigenvalue weighted by atomic mass is 16.5. The van der Waals surface area contributed by atoms with Crippen LogP contribution in [-0.4, -0.2) is 0 Å². The van der Waals surface area contributed by atoms with Gasteiger partial charge in [0.05, 0.1) is 0 Å². The third-order valence-electron chi connectivity index (χ3n) is 8.50. The Bertz CT molecular complexity index is 2330. The van der Waals surface area contributed by atoms with Gasteiger partial charge < -0.3 is 9.15 Å². The molecule has 0 amide bonds. The van der Waals surface area contributed by atoms with Crippen LogP contribution in [0.15, 0.2) is 150 Å². The van der Waals surface area contributed by atoms with Gasteiger partial charge in [0, 0.05) is 21.7 Å². The molecule has 0 atom stereocenters. The molecule has 0 radical (unpaired) electrons. The fraction of sp³-hybridized carbons (Fsp3) is 0. The van der Waals surface area contributed by atoms with Gasteiger partial charge in [-0.1, -0.05) is 109 Å². The summed E-state index contributed by atoms with van der Waals surface area (Å²) in [5.41, 5.74) is 11.2. The maximum Gasteiger partial charge on any atom is 0.136 e. The minimum Gasteiger partial charge on any atom is -0.456 e. The number of rotatable bonds is 3. The Morgan fingerprint density at radius 2 is 0.976 bits per heavy atom. The van der Waals surface area contributed by atoms with Crippen LogP contribution >= 0.6 is 0 Å². The van der Waals surface area contributed by atoms with Crippen LogP contribution in [-0.2, 0) is 0 Å². The van der Waals surface area contributed by atoms with Crippen molar-refractivity contribution < 1.29 is 9.15 Å². The summed E-state index contributed by atoms with van der Waals surface area (Å²) in [7, 11) is 0. The lowest BCUT2D eigenvalue weighted by Gasteiger charge is -2.22. The van der Waals surface area contributed by atoms with Gasteiger partial charge in [-0.3, -0.25) is 0 Å². The van der Waals surface area contributed by atoms with Gasteiger partial charge in [-0.05, 0) is 80.7 Å². The first-order chi connectivity index (χ1) is 20.8. The molecule has 0 aliphatic carbocycles. The summed E-state index contributed by atoms with van der Waals surface area (Å²) in [6, 6.07) is 51.4.